The van der Waals surface area contributed by atoms with Crippen LogP contribution in [0, 0.1) is 10.8 Å². The quantitative estimate of drug-likeness (QED) is 0.182. The number of urea groups is 1. The van der Waals surface area contributed by atoms with E-state index >= 15 is 0 Å². The maximum Gasteiger partial charge on any atom is 0.343 e. The molecule has 0 bridgehead atoms. The molecule has 2 heterocycles. The van der Waals surface area contributed by atoms with Crippen molar-refractivity contribution in [1.29, 1.82) is 0 Å². The van der Waals surface area contributed by atoms with Gasteiger partial charge in [0.1, 0.15) is 0 Å². The summed E-state index contributed by atoms with van der Waals surface area (Å²) in [5.41, 5.74) is 0.870. The van der Waals surface area contributed by atoms with Crippen LogP contribution in [0.3, 0.4) is 0 Å². The van der Waals surface area contributed by atoms with Crippen LogP contribution in [0.2, 0.25) is 0 Å². The summed E-state index contributed by atoms with van der Waals surface area (Å²) in [5.74, 6) is -5.17. The third kappa shape index (κ3) is 10.3. The molecule has 224 valence electrons. The van der Waals surface area contributed by atoms with Crippen molar-refractivity contribution >= 4 is 47.4 Å². The van der Waals surface area contributed by atoms with Crippen LogP contribution in [0.25, 0.3) is 0 Å². The standard InChI is InChI=1S/C26H35N5O10/c1-25(2,13-23(38)39)15-41-16-26(3,4)14-27-24(40)31(22(37)10-12-30-20(35)7-8-21(30)36)28-17(32)9-11-29-18(33)5-6-19(29)34/h5-8H,9-16H2,1-4H3,(H,27,40)(H,28,32)(H,38,39). The third-order valence-electron chi connectivity index (χ3n) is 5.94. The van der Waals surface area contributed by atoms with Crippen LogP contribution in [0.5, 0.6) is 0 Å². The number of nitrogens with zero attached hydrogens (tertiary/aromatic N) is 3. The maximum atomic E-state index is 13.0. The summed E-state index contributed by atoms with van der Waals surface area (Å²) in [6, 6.07) is -1.00. The molecule has 0 unspecified atom stereocenters. The molecule has 0 aromatic carbocycles. The predicted molar refractivity (Wildman–Crippen MR) is 140 cm³/mol. The minimum absolute atomic E-state index is 0.0136. The van der Waals surface area contributed by atoms with E-state index in [0.717, 1.165) is 34.1 Å². The van der Waals surface area contributed by atoms with Gasteiger partial charge in [-0.15, -0.1) is 0 Å². The molecule has 2 aliphatic heterocycles. The van der Waals surface area contributed by atoms with E-state index < -0.39 is 71.1 Å². The van der Waals surface area contributed by atoms with E-state index in [1.807, 2.05) is 0 Å². The Balaban J connectivity index is 2.00. The van der Waals surface area contributed by atoms with E-state index in [9.17, 15) is 38.4 Å². The molecule has 15 nitrogen and oxygen atoms in total. The van der Waals surface area contributed by atoms with Crippen LogP contribution in [-0.2, 0) is 38.3 Å². The summed E-state index contributed by atoms with van der Waals surface area (Å²) in [4.78, 5) is 98.1. The van der Waals surface area contributed by atoms with E-state index in [-0.39, 0.29) is 39.3 Å². The van der Waals surface area contributed by atoms with Crippen molar-refractivity contribution in [1.82, 2.24) is 25.6 Å². The Morgan fingerprint density at radius 3 is 1.76 bits per heavy atom. The number of hydrazine groups is 1. The summed E-state index contributed by atoms with van der Waals surface area (Å²) >= 11 is 0. The SMILES string of the molecule is CC(C)(CNC(=O)N(NC(=O)CCN1C(=O)C=CC1=O)C(=O)CCN1C(=O)C=CC1=O)COCC(C)(C)CC(=O)O. The van der Waals surface area contributed by atoms with Gasteiger partial charge in [-0.1, -0.05) is 27.7 Å². The molecular weight excluding hydrogens is 542 g/mol. The Bertz CT molecular complexity index is 1140. The summed E-state index contributed by atoms with van der Waals surface area (Å²) in [5, 5.41) is 12.0. The maximum absolute atomic E-state index is 13.0. The number of hydrogen-bond acceptors (Lipinski definition) is 9. The van der Waals surface area contributed by atoms with Gasteiger partial charge < -0.3 is 15.2 Å². The first-order chi connectivity index (χ1) is 19.0. The van der Waals surface area contributed by atoms with E-state index in [2.05, 4.69) is 10.7 Å². The molecule has 0 atom stereocenters. The Labute approximate surface area is 236 Å². The van der Waals surface area contributed by atoms with Gasteiger partial charge in [-0.2, -0.15) is 5.01 Å². The van der Waals surface area contributed by atoms with Gasteiger partial charge in [0.05, 0.1) is 19.6 Å². The number of carboxylic acid groups (broad SMARTS) is 1. The van der Waals surface area contributed by atoms with E-state index in [1.54, 1.807) is 27.7 Å². The predicted octanol–water partition coefficient (Wildman–Crippen LogP) is -0.270. The number of nitrogens with one attached hydrogen (secondary N) is 2. The highest BCUT2D eigenvalue weighted by Crippen LogP contribution is 2.23. The average Bonchev–Trinajstić information content (AvgIpc) is 3.36. The number of carbonyl (C=O) groups excluding carboxylic acids is 7. The number of hydrogen-bond donors (Lipinski definition) is 3. The number of aliphatic carboxylic acids is 1. The minimum atomic E-state index is -1.00. The van der Waals surface area contributed by atoms with Gasteiger partial charge in [0.15, 0.2) is 0 Å². The molecule has 8 amide bonds. The minimum Gasteiger partial charge on any atom is -0.481 e. The van der Waals surface area contributed by atoms with Crippen LogP contribution < -0.4 is 10.7 Å². The van der Waals surface area contributed by atoms with Crippen molar-refractivity contribution in [3.05, 3.63) is 24.3 Å². The molecule has 0 saturated carbocycles. The molecule has 41 heavy (non-hydrogen) atoms. The lowest BCUT2D eigenvalue weighted by atomic mass is 9.90. The van der Waals surface area contributed by atoms with Gasteiger partial charge in [-0.3, -0.25) is 48.8 Å². The highest BCUT2D eigenvalue weighted by atomic mass is 16.5. The Morgan fingerprint density at radius 2 is 1.27 bits per heavy atom. The molecule has 0 aromatic heterocycles. The second kappa shape index (κ2) is 13.8. The van der Waals surface area contributed by atoms with Gasteiger partial charge in [-0.05, 0) is 5.41 Å². The lowest BCUT2D eigenvalue weighted by molar-refractivity contribution is -0.142. The molecule has 0 radical (unpaired) electrons. The Hall–Kier alpha value is -4.40. The largest absolute Gasteiger partial charge is 0.481 e. The lowest BCUT2D eigenvalue weighted by Crippen LogP contribution is -2.56. The Morgan fingerprint density at radius 1 is 0.805 bits per heavy atom. The zero-order chi connectivity index (χ0) is 31.0. The second-order valence-electron chi connectivity index (χ2n) is 11.1. The van der Waals surface area contributed by atoms with Gasteiger partial charge in [-0.25, -0.2) is 4.79 Å². The van der Waals surface area contributed by atoms with Crippen LogP contribution in [0.1, 0.15) is 47.0 Å². The first kappa shape index (κ1) is 32.8. The third-order valence-corrected chi connectivity index (χ3v) is 5.94. The molecule has 2 aliphatic rings. The molecule has 15 heteroatoms. The van der Waals surface area contributed by atoms with Crippen LogP contribution in [0.4, 0.5) is 4.79 Å². The number of ether oxygens (including phenoxy) is 1. The number of carboxylic acids is 1. The summed E-state index contributed by atoms with van der Waals surface area (Å²) < 4.78 is 5.68. The summed E-state index contributed by atoms with van der Waals surface area (Å²) in [6.07, 6.45) is 3.21. The van der Waals surface area contributed by atoms with E-state index in [1.165, 1.54) is 0 Å². The highest BCUT2D eigenvalue weighted by Gasteiger charge is 2.31. The number of rotatable bonds is 14. The molecule has 3 N–H and O–H groups in total. The fraction of sp³-hybridized carbons (Fsp3) is 0.538. The zero-order valence-corrected chi connectivity index (χ0v) is 23.4. The van der Waals surface area contributed by atoms with Crippen LogP contribution in [0.15, 0.2) is 24.3 Å². The van der Waals surface area contributed by atoms with Crippen LogP contribution in [-0.4, -0.2) is 100 Å². The number of imide groups is 3. The molecule has 0 aliphatic carbocycles. The second-order valence-corrected chi connectivity index (χ2v) is 11.1. The van der Waals surface area contributed by atoms with Crippen molar-refractivity contribution in [3.8, 4) is 0 Å². The first-order valence-electron chi connectivity index (χ1n) is 12.8. The molecular formula is C26H35N5O10. The molecule has 0 fully saturated rings. The summed E-state index contributed by atoms with van der Waals surface area (Å²) in [6.45, 7) is 6.66. The van der Waals surface area contributed by atoms with Gasteiger partial charge >= 0.3 is 12.0 Å². The lowest BCUT2D eigenvalue weighted by Gasteiger charge is -2.29. The number of amides is 8. The van der Waals surface area contributed by atoms with Crippen molar-refractivity contribution in [2.75, 3.05) is 32.8 Å². The van der Waals surface area contributed by atoms with Crippen LogP contribution >= 0.6 is 0 Å². The molecule has 2 rings (SSSR count). The van der Waals surface area contributed by atoms with Crippen molar-refractivity contribution in [2.24, 2.45) is 10.8 Å². The van der Waals surface area contributed by atoms with Crippen molar-refractivity contribution in [3.63, 3.8) is 0 Å². The highest BCUT2D eigenvalue weighted by molar-refractivity contribution is 6.13. The molecule has 0 saturated heterocycles. The topological polar surface area (TPSA) is 200 Å². The van der Waals surface area contributed by atoms with Crippen molar-refractivity contribution in [2.45, 2.75) is 47.0 Å². The normalized spacial score (nSPS) is 15.1. The summed E-state index contributed by atoms with van der Waals surface area (Å²) in [7, 11) is 0. The van der Waals surface area contributed by atoms with Gasteiger partial charge in [0.2, 0.25) is 5.91 Å². The fourth-order valence-corrected chi connectivity index (χ4v) is 3.75. The zero-order valence-electron chi connectivity index (χ0n) is 23.4. The van der Waals surface area contributed by atoms with E-state index in [0.29, 0.717) is 5.01 Å². The van der Waals surface area contributed by atoms with Gasteiger partial charge in [0.25, 0.3) is 29.5 Å². The molecule has 0 aromatic rings. The monoisotopic (exact) mass is 577 g/mol. The fourth-order valence-electron chi connectivity index (χ4n) is 3.75. The number of carbonyl (C=O) groups is 8. The average molecular weight is 578 g/mol. The Kier molecular flexibility index (Phi) is 11.0. The van der Waals surface area contributed by atoms with E-state index in [4.69, 9.17) is 9.84 Å². The first-order valence-corrected chi connectivity index (χ1v) is 12.8. The van der Waals surface area contributed by atoms with Crippen molar-refractivity contribution < 1.29 is 48.2 Å². The smallest absolute Gasteiger partial charge is 0.343 e. The molecule has 0 spiro atoms. The van der Waals surface area contributed by atoms with Gasteiger partial charge in [0, 0.05) is 62.2 Å².